The third kappa shape index (κ3) is 4.66. The molecule has 39 heavy (non-hydrogen) atoms. The summed E-state index contributed by atoms with van der Waals surface area (Å²) in [6.45, 7) is 21.1. The van der Waals surface area contributed by atoms with Crippen LogP contribution in [0.1, 0.15) is 68.0 Å². The molecule has 0 bridgehead atoms. The van der Waals surface area contributed by atoms with Gasteiger partial charge in [-0.05, 0) is 0 Å². The maximum absolute atomic E-state index is 5.59. The molecule has 0 saturated heterocycles. The molecule has 1 atom stereocenters. The normalized spacial score (nSPS) is 16.5. The van der Waals surface area contributed by atoms with Crippen molar-refractivity contribution in [2.24, 2.45) is 11.3 Å². The molecule has 0 spiro atoms. The van der Waals surface area contributed by atoms with E-state index in [9.17, 15) is 0 Å². The average molecular weight is 641 g/mol. The van der Waals surface area contributed by atoms with Crippen LogP contribution < -0.4 is 6.54 Å². The zero-order valence-corrected chi connectivity index (χ0v) is 29.4. The van der Waals surface area contributed by atoms with Gasteiger partial charge in [-0.25, -0.2) is 0 Å². The standard InChI is InChI=1S/C17H17.C10H15.C6H5.C2H5.CH2.2ClH.Zr/c1-10-5-14-9-15-6-11(2)13(4)8-17(15)16(14)7-12(10)3;1-8-5-6-9(7-8)10(2,3)4;1-2-4-6-5-3-1;1-2;;;;/h5,7-8H,9H2,1-4H3;6-8H,1-4H3;1-5H;1H2,2H3;1H2;2*1H;. The second-order valence-corrected chi connectivity index (χ2v) is 27.2. The Morgan fingerprint density at radius 3 is 2.03 bits per heavy atom. The number of allylic oxidation sites excluding steroid dienone is 4. The summed E-state index contributed by atoms with van der Waals surface area (Å²) >= 11 is -4.32. The third-order valence-corrected chi connectivity index (χ3v) is 27.6. The Balaban J connectivity index is 0.00000210. The summed E-state index contributed by atoms with van der Waals surface area (Å²) < 4.78 is 11.5. The number of hydrogen-bond donors (Lipinski definition) is 0. The molecule has 2 aliphatic carbocycles. The summed E-state index contributed by atoms with van der Waals surface area (Å²) in [7, 11) is 0. The van der Waals surface area contributed by atoms with Crippen LogP contribution in [-0.4, -0.2) is 4.21 Å². The molecule has 208 valence electrons. The van der Waals surface area contributed by atoms with E-state index in [0.29, 0.717) is 5.92 Å². The van der Waals surface area contributed by atoms with Crippen molar-refractivity contribution in [1.29, 1.82) is 0 Å². The molecular formula is C36H46Cl2Zr. The first kappa shape index (κ1) is 32.0. The predicted octanol–water partition coefficient (Wildman–Crippen LogP) is 9.35. The van der Waals surface area contributed by atoms with E-state index >= 15 is 0 Å². The minimum absolute atomic E-state index is 0. The number of fused-ring (bicyclic) bond motifs is 3. The van der Waals surface area contributed by atoms with E-state index in [4.69, 9.17) is 4.21 Å². The van der Waals surface area contributed by atoms with Crippen molar-refractivity contribution in [3.05, 3.63) is 103 Å². The van der Waals surface area contributed by atoms with E-state index < -0.39 is 18.3 Å². The Kier molecular flexibility index (Phi) is 8.78. The predicted molar refractivity (Wildman–Crippen MR) is 176 cm³/mol. The molecule has 0 radical (unpaired) electrons. The molecule has 5 rings (SSSR count). The van der Waals surface area contributed by atoms with Crippen LogP contribution in [0.4, 0.5) is 0 Å². The first-order valence-electron chi connectivity index (χ1n) is 14.1. The van der Waals surface area contributed by atoms with Crippen LogP contribution in [-0.2, 0) is 24.7 Å². The molecule has 0 fully saturated rings. The van der Waals surface area contributed by atoms with E-state index in [1.54, 1.807) is 12.1 Å². The van der Waals surface area contributed by atoms with Crippen LogP contribution in [0.2, 0.25) is 4.13 Å². The van der Waals surface area contributed by atoms with Crippen molar-refractivity contribution in [1.82, 2.24) is 0 Å². The first-order chi connectivity index (χ1) is 17.3. The Morgan fingerprint density at radius 2 is 1.46 bits per heavy atom. The molecular weight excluding hydrogens is 595 g/mol. The maximum atomic E-state index is 5.59. The van der Waals surface area contributed by atoms with E-state index in [-0.39, 0.29) is 30.2 Å². The molecule has 3 aromatic carbocycles. The van der Waals surface area contributed by atoms with Crippen LogP contribution in [0.15, 0.2) is 69.5 Å². The van der Waals surface area contributed by atoms with Crippen LogP contribution >= 0.6 is 24.8 Å². The molecule has 0 nitrogen and oxygen atoms in total. The van der Waals surface area contributed by atoms with Crippen molar-refractivity contribution in [3.8, 4) is 11.1 Å². The second kappa shape index (κ2) is 10.7. The Hall–Kier alpha value is -1.53. The van der Waals surface area contributed by atoms with Gasteiger partial charge in [0.1, 0.15) is 0 Å². The molecule has 2 aliphatic rings. The number of aryl methyl sites for hydroxylation is 3. The Labute approximate surface area is 250 Å². The van der Waals surface area contributed by atoms with Gasteiger partial charge >= 0.3 is 227 Å². The zero-order chi connectivity index (χ0) is 26.9. The van der Waals surface area contributed by atoms with Crippen molar-refractivity contribution < 1.29 is 18.3 Å². The molecule has 0 aliphatic heterocycles. The number of benzene rings is 3. The van der Waals surface area contributed by atoms with Crippen molar-refractivity contribution in [2.75, 3.05) is 0 Å². The van der Waals surface area contributed by atoms with E-state index in [1.165, 1.54) is 47.8 Å². The molecule has 0 N–H and O–H groups in total. The summed E-state index contributed by atoms with van der Waals surface area (Å²) in [6.07, 6.45) is 6.17. The van der Waals surface area contributed by atoms with Gasteiger partial charge in [0.15, 0.2) is 0 Å². The molecule has 1 unspecified atom stereocenters. The molecule has 0 aromatic heterocycles. The Morgan fingerprint density at radius 1 is 0.872 bits per heavy atom. The number of hydrogen-bond acceptors (Lipinski definition) is 0. The van der Waals surface area contributed by atoms with Gasteiger partial charge in [-0.15, -0.1) is 24.8 Å². The van der Waals surface area contributed by atoms with Gasteiger partial charge in [-0.2, -0.15) is 0 Å². The number of halogens is 2. The zero-order valence-electron chi connectivity index (χ0n) is 25.3. The quantitative estimate of drug-likeness (QED) is 0.209. The van der Waals surface area contributed by atoms with Crippen LogP contribution in [0, 0.1) is 39.0 Å². The topological polar surface area (TPSA) is 0 Å². The summed E-state index contributed by atoms with van der Waals surface area (Å²) in [5.41, 5.74) is 13.2. The summed E-state index contributed by atoms with van der Waals surface area (Å²) in [5, 5.41) is 0. The van der Waals surface area contributed by atoms with Gasteiger partial charge in [-0.3, -0.25) is 0 Å². The Bertz CT molecular complexity index is 1560. The molecule has 0 heterocycles. The van der Waals surface area contributed by atoms with E-state index in [2.05, 4.69) is 123 Å². The molecule has 0 amide bonds. The fourth-order valence-electron chi connectivity index (χ4n) is 7.45. The molecule has 3 aromatic rings. The van der Waals surface area contributed by atoms with Crippen molar-refractivity contribution in [2.45, 2.75) is 72.9 Å². The van der Waals surface area contributed by atoms with Gasteiger partial charge in [-0.1, -0.05) is 0 Å². The van der Waals surface area contributed by atoms with Gasteiger partial charge in [0.25, 0.3) is 0 Å². The second-order valence-electron chi connectivity index (χ2n) is 13.2. The molecule has 0 saturated carbocycles. The average Bonchev–Trinajstić information content (AvgIpc) is 3.41. The van der Waals surface area contributed by atoms with Gasteiger partial charge in [0.2, 0.25) is 0 Å². The minimum atomic E-state index is -4.32. The van der Waals surface area contributed by atoms with E-state index in [0.717, 1.165) is 10.5 Å². The summed E-state index contributed by atoms with van der Waals surface area (Å²) in [4.78, 5) is 0. The van der Waals surface area contributed by atoms with Gasteiger partial charge < -0.3 is 0 Å². The monoisotopic (exact) mass is 638 g/mol. The summed E-state index contributed by atoms with van der Waals surface area (Å²) in [6, 6.07) is 18.8. The summed E-state index contributed by atoms with van der Waals surface area (Å²) in [5.74, 6) is 0.404. The first-order valence-corrected chi connectivity index (χ1v) is 21.2. The van der Waals surface area contributed by atoms with Crippen LogP contribution in [0.25, 0.3) is 11.1 Å². The SMILES string of the molecule is Cl.Cl.[CH2]=[Zr]([CH2]C)([C]1=CC(C(C)(C)C)=CC1C)([c]1ccccc1)[c]1c(C)c(C)cc2c1Cc1cc(C)c(C)cc1-2. The van der Waals surface area contributed by atoms with Crippen LogP contribution in [0.5, 0.6) is 0 Å². The van der Waals surface area contributed by atoms with Crippen LogP contribution in [0.3, 0.4) is 0 Å². The number of rotatable bonds is 4. The fourth-order valence-corrected chi connectivity index (χ4v) is 24.2. The van der Waals surface area contributed by atoms with Gasteiger partial charge in [0.05, 0.1) is 0 Å². The fraction of sp³-hybridized carbons (Fsp3) is 0.361. The van der Waals surface area contributed by atoms with E-state index in [1.807, 2.05) is 0 Å². The van der Waals surface area contributed by atoms with Gasteiger partial charge in [0, 0.05) is 0 Å². The third-order valence-electron chi connectivity index (χ3n) is 9.98. The molecule has 3 heteroatoms. The van der Waals surface area contributed by atoms with Crippen molar-refractivity contribution >= 4 is 35.6 Å². The van der Waals surface area contributed by atoms with Crippen molar-refractivity contribution in [3.63, 3.8) is 0 Å².